The molecule has 2 heterocycles. The fourth-order valence-corrected chi connectivity index (χ4v) is 3.26. The molecule has 0 atom stereocenters. The molecule has 1 aromatic heterocycles. The second-order valence-electron chi connectivity index (χ2n) is 6.55. The minimum atomic E-state index is 0.895. The zero-order valence-electron chi connectivity index (χ0n) is 16.2. The molecule has 0 radical (unpaired) electrons. The molecule has 0 aliphatic carbocycles. The Balaban J connectivity index is 1.38. The maximum absolute atomic E-state index is 5.24. The SMILES string of the molecule is CN=C(NCCCCn1cnnc1)N1CCN(c2ccc(OC)cc2)CC1. The van der Waals surface area contributed by atoms with Crippen molar-refractivity contribution in [3.05, 3.63) is 36.9 Å². The van der Waals surface area contributed by atoms with Gasteiger partial charge in [0.1, 0.15) is 18.4 Å². The Hall–Kier alpha value is -2.77. The molecular formula is C19H29N7O. The maximum Gasteiger partial charge on any atom is 0.193 e. The van der Waals surface area contributed by atoms with E-state index in [4.69, 9.17) is 4.74 Å². The van der Waals surface area contributed by atoms with Gasteiger partial charge >= 0.3 is 0 Å². The van der Waals surface area contributed by atoms with Crippen molar-refractivity contribution in [1.82, 2.24) is 25.0 Å². The van der Waals surface area contributed by atoms with Crippen LogP contribution in [-0.2, 0) is 6.54 Å². The van der Waals surface area contributed by atoms with Gasteiger partial charge in [-0.15, -0.1) is 10.2 Å². The predicted octanol–water partition coefficient (Wildman–Crippen LogP) is 1.46. The van der Waals surface area contributed by atoms with Crippen molar-refractivity contribution in [2.75, 3.05) is 51.8 Å². The number of ether oxygens (including phenoxy) is 1. The molecule has 1 saturated heterocycles. The van der Waals surface area contributed by atoms with E-state index in [0.29, 0.717) is 0 Å². The van der Waals surface area contributed by atoms with Gasteiger partial charge in [-0.1, -0.05) is 0 Å². The summed E-state index contributed by atoms with van der Waals surface area (Å²) in [4.78, 5) is 9.19. The molecule has 0 unspecified atom stereocenters. The summed E-state index contributed by atoms with van der Waals surface area (Å²) in [6, 6.07) is 8.28. The van der Waals surface area contributed by atoms with Crippen LogP contribution in [0.1, 0.15) is 12.8 Å². The van der Waals surface area contributed by atoms with Crippen molar-refractivity contribution in [2.24, 2.45) is 4.99 Å². The lowest BCUT2D eigenvalue weighted by molar-refractivity contribution is 0.372. The summed E-state index contributed by atoms with van der Waals surface area (Å²) in [6.45, 7) is 5.78. The van der Waals surface area contributed by atoms with Crippen LogP contribution in [-0.4, -0.2) is 72.5 Å². The molecule has 2 aromatic rings. The van der Waals surface area contributed by atoms with E-state index in [1.165, 1.54) is 5.69 Å². The van der Waals surface area contributed by atoms with Crippen molar-refractivity contribution in [3.8, 4) is 5.75 Å². The molecule has 0 bridgehead atoms. The first kappa shape index (κ1) is 19.0. The van der Waals surface area contributed by atoms with Crippen molar-refractivity contribution < 1.29 is 4.74 Å². The van der Waals surface area contributed by atoms with E-state index in [1.54, 1.807) is 19.8 Å². The van der Waals surface area contributed by atoms with Gasteiger partial charge in [0.05, 0.1) is 7.11 Å². The molecule has 1 N–H and O–H groups in total. The number of hydrogen-bond donors (Lipinski definition) is 1. The maximum atomic E-state index is 5.24. The normalized spacial score (nSPS) is 15.1. The first-order valence-electron chi connectivity index (χ1n) is 9.47. The first-order chi connectivity index (χ1) is 13.3. The van der Waals surface area contributed by atoms with Crippen molar-refractivity contribution in [1.29, 1.82) is 0 Å². The Bertz CT molecular complexity index is 691. The summed E-state index contributed by atoms with van der Waals surface area (Å²) < 4.78 is 7.24. The number of aliphatic imine (C=N–C) groups is 1. The topological polar surface area (TPSA) is 70.8 Å². The van der Waals surface area contributed by atoms with Gasteiger partial charge in [0.15, 0.2) is 5.96 Å². The van der Waals surface area contributed by atoms with E-state index < -0.39 is 0 Å². The van der Waals surface area contributed by atoms with Crippen LogP contribution in [0.3, 0.4) is 0 Å². The summed E-state index contributed by atoms with van der Waals surface area (Å²) in [6.07, 6.45) is 5.69. The summed E-state index contributed by atoms with van der Waals surface area (Å²) in [5, 5.41) is 11.1. The first-order valence-corrected chi connectivity index (χ1v) is 9.47. The van der Waals surface area contributed by atoms with Crippen LogP contribution in [0.5, 0.6) is 5.75 Å². The van der Waals surface area contributed by atoms with Crippen LogP contribution >= 0.6 is 0 Å². The van der Waals surface area contributed by atoms with E-state index in [1.807, 2.05) is 23.7 Å². The van der Waals surface area contributed by atoms with E-state index in [0.717, 1.165) is 63.8 Å². The average molecular weight is 371 g/mol. The largest absolute Gasteiger partial charge is 0.497 e. The zero-order valence-corrected chi connectivity index (χ0v) is 16.2. The van der Waals surface area contributed by atoms with Crippen LogP contribution in [0.15, 0.2) is 41.9 Å². The lowest BCUT2D eigenvalue weighted by Crippen LogP contribution is -2.52. The Labute approximate surface area is 160 Å². The Morgan fingerprint density at radius 1 is 1.07 bits per heavy atom. The molecule has 1 aliphatic heterocycles. The highest BCUT2D eigenvalue weighted by molar-refractivity contribution is 5.80. The molecule has 8 heteroatoms. The highest BCUT2D eigenvalue weighted by Crippen LogP contribution is 2.20. The summed E-state index contributed by atoms with van der Waals surface area (Å²) in [5.74, 6) is 1.89. The molecule has 1 aromatic carbocycles. The Morgan fingerprint density at radius 3 is 2.41 bits per heavy atom. The van der Waals surface area contributed by atoms with Crippen molar-refractivity contribution in [2.45, 2.75) is 19.4 Å². The number of guanidine groups is 1. The van der Waals surface area contributed by atoms with E-state index >= 15 is 0 Å². The monoisotopic (exact) mass is 371 g/mol. The predicted molar refractivity (Wildman–Crippen MR) is 107 cm³/mol. The number of aryl methyl sites for hydroxylation is 1. The van der Waals surface area contributed by atoms with Crippen LogP contribution in [0.4, 0.5) is 5.69 Å². The summed E-state index contributed by atoms with van der Waals surface area (Å²) in [5.41, 5.74) is 1.24. The zero-order chi connectivity index (χ0) is 18.9. The van der Waals surface area contributed by atoms with E-state index in [9.17, 15) is 0 Å². The quantitative estimate of drug-likeness (QED) is 0.451. The molecule has 1 aliphatic rings. The molecule has 27 heavy (non-hydrogen) atoms. The lowest BCUT2D eigenvalue weighted by Gasteiger charge is -2.37. The second kappa shape index (κ2) is 9.80. The second-order valence-corrected chi connectivity index (χ2v) is 6.55. The third-order valence-electron chi connectivity index (χ3n) is 4.82. The highest BCUT2D eigenvalue weighted by Gasteiger charge is 2.19. The number of rotatable bonds is 7. The summed E-state index contributed by atoms with van der Waals surface area (Å²) in [7, 11) is 3.55. The van der Waals surface area contributed by atoms with Crippen molar-refractivity contribution in [3.63, 3.8) is 0 Å². The number of methoxy groups -OCH3 is 1. The molecule has 0 spiro atoms. The smallest absolute Gasteiger partial charge is 0.193 e. The minimum Gasteiger partial charge on any atom is -0.497 e. The number of nitrogens with one attached hydrogen (secondary N) is 1. The number of aromatic nitrogens is 3. The third-order valence-corrected chi connectivity index (χ3v) is 4.82. The molecule has 8 nitrogen and oxygen atoms in total. The van der Waals surface area contributed by atoms with E-state index in [-0.39, 0.29) is 0 Å². The van der Waals surface area contributed by atoms with Crippen LogP contribution in [0.25, 0.3) is 0 Å². The number of piperazine rings is 1. The number of unbranched alkanes of at least 4 members (excludes halogenated alkanes) is 1. The average Bonchev–Trinajstić information content (AvgIpc) is 3.24. The lowest BCUT2D eigenvalue weighted by atomic mass is 10.2. The molecule has 0 saturated carbocycles. The fourth-order valence-electron chi connectivity index (χ4n) is 3.26. The van der Waals surface area contributed by atoms with Gasteiger partial charge in [0.2, 0.25) is 0 Å². The van der Waals surface area contributed by atoms with Crippen LogP contribution in [0, 0.1) is 0 Å². The Morgan fingerprint density at radius 2 is 1.78 bits per heavy atom. The van der Waals surface area contributed by atoms with Gasteiger partial charge in [0.25, 0.3) is 0 Å². The third kappa shape index (κ3) is 5.35. The number of nitrogens with zero attached hydrogens (tertiary/aromatic N) is 6. The molecule has 3 rings (SSSR count). The molecular weight excluding hydrogens is 342 g/mol. The van der Waals surface area contributed by atoms with Gasteiger partial charge in [0, 0.05) is 52.0 Å². The van der Waals surface area contributed by atoms with E-state index in [2.05, 4.69) is 42.4 Å². The number of hydrogen-bond acceptors (Lipinski definition) is 5. The van der Waals surface area contributed by atoms with Gasteiger partial charge < -0.3 is 24.4 Å². The van der Waals surface area contributed by atoms with Gasteiger partial charge in [-0.05, 0) is 37.1 Å². The standard InChI is InChI=1S/C19H29N7O/c1-20-19(21-9-3-4-10-24-15-22-23-16-24)26-13-11-25(12-14-26)17-5-7-18(27-2)8-6-17/h5-8,15-16H,3-4,9-14H2,1-2H3,(H,20,21). The van der Waals surface area contributed by atoms with Crippen LogP contribution in [0.2, 0.25) is 0 Å². The fraction of sp³-hybridized carbons (Fsp3) is 0.526. The number of benzene rings is 1. The molecule has 1 fully saturated rings. The van der Waals surface area contributed by atoms with Gasteiger partial charge in [-0.3, -0.25) is 4.99 Å². The van der Waals surface area contributed by atoms with Crippen molar-refractivity contribution >= 4 is 11.6 Å². The van der Waals surface area contributed by atoms with Crippen LogP contribution < -0.4 is 15.0 Å². The highest BCUT2D eigenvalue weighted by atomic mass is 16.5. The van der Waals surface area contributed by atoms with Gasteiger partial charge in [-0.2, -0.15) is 0 Å². The van der Waals surface area contributed by atoms with Gasteiger partial charge in [-0.25, -0.2) is 0 Å². The summed E-state index contributed by atoms with van der Waals surface area (Å²) >= 11 is 0. The molecule has 146 valence electrons. The Kier molecular flexibility index (Phi) is 6.90. The molecule has 0 amide bonds. The minimum absolute atomic E-state index is 0.895. The number of anilines is 1.